The minimum absolute atomic E-state index is 0.262. The van der Waals surface area contributed by atoms with Gasteiger partial charge >= 0.3 is 6.18 Å². The lowest BCUT2D eigenvalue weighted by molar-refractivity contribution is -0.138. The number of halogens is 4. The van der Waals surface area contributed by atoms with Crippen molar-refractivity contribution in [2.24, 2.45) is 0 Å². The summed E-state index contributed by atoms with van der Waals surface area (Å²) >= 11 is 1.81. The highest BCUT2D eigenvalue weighted by Crippen LogP contribution is 2.33. The molecule has 1 amide bonds. The van der Waals surface area contributed by atoms with Gasteiger partial charge in [0.2, 0.25) is 0 Å². The quantitative estimate of drug-likeness (QED) is 0.680. The van der Waals surface area contributed by atoms with Crippen LogP contribution in [0.5, 0.6) is 0 Å². The van der Waals surface area contributed by atoms with Crippen molar-refractivity contribution in [2.45, 2.75) is 6.18 Å². The first-order chi connectivity index (χ1) is 9.29. The monoisotopic (exact) mass is 398 g/mol. The standard InChI is InChI=1S/C13H14F3IN2O/c1-18-4-6-19(7-5-18)12(20)10-3-2-9(17)8-11(10)13(14,15)16/h2-3,8H,4-7H2,1H3. The summed E-state index contributed by atoms with van der Waals surface area (Å²) in [5.74, 6) is -0.540. The smallest absolute Gasteiger partial charge is 0.336 e. The SMILES string of the molecule is CN1CCN(C(=O)c2ccc(I)cc2C(F)(F)F)CC1. The summed E-state index contributed by atoms with van der Waals surface area (Å²) in [5.41, 5.74) is -1.12. The average Bonchev–Trinajstić information content (AvgIpc) is 2.38. The molecular weight excluding hydrogens is 384 g/mol. The van der Waals surface area contributed by atoms with E-state index >= 15 is 0 Å². The number of hydrogen-bond acceptors (Lipinski definition) is 2. The van der Waals surface area contributed by atoms with Crippen LogP contribution in [0.15, 0.2) is 18.2 Å². The van der Waals surface area contributed by atoms with E-state index in [9.17, 15) is 18.0 Å². The van der Waals surface area contributed by atoms with Gasteiger partial charge < -0.3 is 9.80 Å². The molecule has 3 nitrogen and oxygen atoms in total. The first kappa shape index (κ1) is 15.6. The van der Waals surface area contributed by atoms with Crippen molar-refractivity contribution in [2.75, 3.05) is 33.2 Å². The first-order valence-electron chi connectivity index (χ1n) is 6.13. The zero-order valence-electron chi connectivity index (χ0n) is 10.9. The van der Waals surface area contributed by atoms with Crippen LogP contribution in [-0.2, 0) is 6.18 Å². The normalized spacial score (nSPS) is 17.4. The number of carbonyl (C=O) groups is 1. The van der Waals surface area contributed by atoms with Crippen LogP contribution in [0.4, 0.5) is 13.2 Å². The first-order valence-corrected chi connectivity index (χ1v) is 7.21. The highest BCUT2D eigenvalue weighted by molar-refractivity contribution is 14.1. The van der Waals surface area contributed by atoms with Gasteiger partial charge in [0.15, 0.2) is 0 Å². The molecule has 1 aromatic rings. The lowest BCUT2D eigenvalue weighted by atomic mass is 10.1. The predicted molar refractivity (Wildman–Crippen MR) is 77.6 cm³/mol. The number of benzene rings is 1. The molecule has 0 radical (unpaired) electrons. The number of amides is 1. The third-order valence-electron chi connectivity index (χ3n) is 3.31. The fourth-order valence-corrected chi connectivity index (χ4v) is 2.61. The lowest BCUT2D eigenvalue weighted by Crippen LogP contribution is -2.47. The highest BCUT2D eigenvalue weighted by atomic mass is 127. The minimum Gasteiger partial charge on any atom is -0.336 e. The lowest BCUT2D eigenvalue weighted by Gasteiger charge is -2.33. The molecule has 0 spiro atoms. The summed E-state index contributed by atoms with van der Waals surface area (Å²) in [6.45, 7) is 2.27. The second-order valence-corrected chi connectivity index (χ2v) is 6.03. The van der Waals surface area contributed by atoms with E-state index in [2.05, 4.69) is 0 Å². The van der Waals surface area contributed by atoms with E-state index in [4.69, 9.17) is 0 Å². The van der Waals surface area contributed by atoms with Gasteiger partial charge in [-0.05, 0) is 47.8 Å². The zero-order chi connectivity index (χ0) is 14.9. The number of alkyl halides is 3. The van der Waals surface area contributed by atoms with Gasteiger partial charge in [-0.15, -0.1) is 0 Å². The molecule has 110 valence electrons. The van der Waals surface area contributed by atoms with Crippen molar-refractivity contribution < 1.29 is 18.0 Å². The summed E-state index contributed by atoms with van der Waals surface area (Å²) in [5, 5.41) is 0. The Kier molecular flexibility index (Phi) is 4.58. The Morgan fingerprint density at radius 3 is 2.35 bits per heavy atom. The van der Waals surface area contributed by atoms with Crippen molar-refractivity contribution in [3.05, 3.63) is 32.9 Å². The Morgan fingerprint density at radius 2 is 1.80 bits per heavy atom. The van der Waals surface area contributed by atoms with Gasteiger partial charge in [-0.1, -0.05) is 0 Å². The van der Waals surface area contributed by atoms with E-state index in [1.165, 1.54) is 17.0 Å². The van der Waals surface area contributed by atoms with Gasteiger partial charge in [0, 0.05) is 29.7 Å². The molecule has 0 aromatic heterocycles. The second kappa shape index (κ2) is 5.88. The maximum Gasteiger partial charge on any atom is 0.417 e. The van der Waals surface area contributed by atoms with Crippen LogP contribution in [0.25, 0.3) is 0 Å². The zero-order valence-corrected chi connectivity index (χ0v) is 13.0. The Labute approximate surface area is 128 Å². The molecule has 1 heterocycles. The van der Waals surface area contributed by atoms with Gasteiger partial charge in [0.25, 0.3) is 5.91 Å². The minimum atomic E-state index is -4.52. The van der Waals surface area contributed by atoms with E-state index in [0.717, 1.165) is 6.07 Å². The van der Waals surface area contributed by atoms with E-state index < -0.39 is 17.6 Å². The maximum absolute atomic E-state index is 13.0. The molecule has 2 rings (SSSR count). The Hall–Kier alpha value is -0.830. The van der Waals surface area contributed by atoms with Crippen molar-refractivity contribution in [1.82, 2.24) is 9.80 Å². The molecular formula is C13H14F3IN2O. The molecule has 7 heteroatoms. The molecule has 0 N–H and O–H groups in total. The van der Waals surface area contributed by atoms with Gasteiger partial charge in [-0.25, -0.2) is 0 Å². The molecule has 1 fully saturated rings. The summed E-state index contributed by atoms with van der Waals surface area (Å²) in [4.78, 5) is 15.8. The third-order valence-corrected chi connectivity index (χ3v) is 3.98. The second-order valence-electron chi connectivity index (χ2n) is 4.78. The molecule has 1 aliphatic heterocycles. The van der Waals surface area contributed by atoms with Crippen molar-refractivity contribution in [3.63, 3.8) is 0 Å². The largest absolute Gasteiger partial charge is 0.417 e. The van der Waals surface area contributed by atoms with Crippen LogP contribution in [0.2, 0.25) is 0 Å². The van der Waals surface area contributed by atoms with E-state index in [1.54, 1.807) is 0 Å². The molecule has 1 saturated heterocycles. The van der Waals surface area contributed by atoms with Crippen molar-refractivity contribution in [3.8, 4) is 0 Å². The third kappa shape index (κ3) is 3.43. The number of hydrogen-bond donors (Lipinski definition) is 0. The molecule has 0 atom stereocenters. The summed E-state index contributed by atoms with van der Waals surface area (Å²) < 4.78 is 39.6. The maximum atomic E-state index is 13.0. The van der Waals surface area contributed by atoms with E-state index in [0.29, 0.717) is 29.7 Å². The Morgan fingerprint density at radius 1 is 1.20 bits per heavy atom. The van der Waals surface area contributed by atoms with Crippen LogP contribution in [0.3, 0.4) is 0 Å². The van der Waals surface area contributed by atoms with E-state index in [1.807, 2.05) is 34.5 Å². The number of rotatable bonds is 1. The predicted octanol–water partition coefficient (Wildman–Crippen LogP) is 2.70. The summed E-state index contributed by atoms with van der Waals surface area (Å²) in [7, 11) is 1.92. The van der Waals surface area contributed by atoms with Crippen molar-refractivity contribution >= 4 is 28.5 Å². The van der Waals surface area contributed by atoms with Gasteiger partial charge in [0.05, 0.1) is 11.1 Å². The number of carbonyl (C=O) groups excluding carboxylic acids is 1. The summed E-state index contributed by atoms with van der Waals surface area (Å²) in [6.07, 6.45) is -4.52. The Balaban J connectivity index is 2.30. The number of nitrogens with zero attached hydrogens (tertiary/aromatic N) is 2. The van der Waals surface area contributed by atoms with Gasteiger partial charge in [0.1, 0.15) is 0 Å². The van der Waals surface area contributed by atoms with Gasteiger partial charge in [-0.3, -0.25) is 4.79 Å². The van der Waals surface area contributed by atoms with Crippen molar-refractivity contribution in [1.29, 1.82) is 0 Å². The van der Waals surface area contributed by atoms with Crippen LogP contribution in [0, 0.1) is 3.57 Å². The molecule has 1 aliphatic rings. The fourth-order valence-electron chi connectivity index (χ4n) is 2.12. The van der Waals surface area contributed by atoms with Crippen LogP contribution >= 0.6 is 22.6 Å². The number of piperazine rings is 1. The number of likely N-dealkylation sites (N-methyl/N-ethyl adjacent to an activating group) is 1. The molecule has 0 saturated carbocycles. The van der Waals surface area contributed by atoms with Crippen LogP contribution < -0.4 is 0 Å². The topological polar surface area (TPSA) is 23.6 Å². The average molecular weight is 398 g/mol. The Bertz CT molecular complexity index is 511. The summed E-state index contributed by atoms with van der Waals surface area (Å²) in [6, 6.07) is 3.81. The van der Waals surface area contributed by atoms with E-state index in [-0.39, 0.29) is 5.56 Å². The molecule has 0 bridgehead atoms. The molecule has 0 aliphatic carbocycles. The molecule has 20 heavy (non-hydrogen) atoms. The van der Waals surface area contributed by atoms with Crippen LogP contribution in [-0.4, -0.2) is 48.9 Å². The molecule has 1 aromatic carbocycles. The molecule has 0 unspecified atom stereocenters. The van der Waals surface area contributed by atoms with Gasteiger partial charge in [-0.2, -0.15) is 13.2 Å². The van der Waals surface area contributed by atoms with Crippen LogP contribution in [0.1, 0.15) is 15.9 Å². The highest BCUT2D eigenvalue weighted by Gasteiger charge is 2.36. The fraction of sp³-hybridized carbons (Fsp3) is 0.462.